The van der Waals surface area contributed by atoms with Gasteiger partial charge in [-0.2, -0.15) is 0 Å². The quantitative estimate of drug-likeness (QED) is 0.504. The third-order valence-corrected chi connectivity index (χ3v) is 8.46. The Morgan fingerprint density at radius 1 is 0.577 bits per heavy atom. The Kier molecular flexibility index (Phi) is 8.55. The van der Waals surface area contributed by atoms with E-state index >= 15 is 0 Å². The van der Waals surface area contributed by atoms with Crippen LogP contribution in [0.5, 0.6) is 0 Å². The van der Waals surface area contributed by atoms with Crippen molar-refractivity contribution < 1.29 is 0 Å². The highest BCUT2D eigenvalue weighted by Gasteiger charge is 2.27. The van der Waals surface area contributed by atoms with E-state index in [4.69, 9.17) is 0 Å². The lowest BCUT2D eigenvalue weighted by Crippen LogP contribution is -2.31. The molecule has 4 atom stereocenters. The molecule has 0 bridgehead atoms. The second kappa shape index (κ2) is 10.4. The SMILES string of the molecule is CC(C(SSC(c1ccccc1)C(C)N(C)C)c1ccccc1)N(C)C. The molecule has 142 valence electrons. The molecular weight excluding hydrogens is 356 g/mol. The fraction of sp³-hybridized carbons (Fsp3) is 0.455. The first kappa shape index (κ1) is 21.4. The average molecular weight is 389 g/mol. The van der Waals surface area contributed by atoms with Crippen LogP contribution in [0.4, 0.5) is 0 Å². The maximum Gasteiger partial charge on any atom is 0.0553 e. The zero-order chi connectivity index (χ0) is 19.1. The number of likely N-dealkylation sites (N-methyl/N-ethyl adjacent to an activating group) is 2. The molecule has 0 radical (unpaired) electrons. The number of benzene rings is 2. The predicted octanol–water partition coefficient (Wildman–Crippen LogP) is 5.75. The summed E-state index contributed by atoms with van der Waals surface area (Å²) in [5.74, 6) is 0. The van der Waals surface area contributed by atoms with Gasteiger partial charge in [0.15, 0.2) is 0 Å². The van der Waals surface area contributed by atoms with Gasteiger partial charge in [-0.3, -0.25) is 0 Å². The molecule has 26 heavy (non-hydrogen) atoms. The van der Waals surface area contributed by atoms with Crippen LogP contribution >= 0.6 is 21.6 Å². The van der Waals surface area contributed by atoms with Gasteiger partial charge in [0, 0.05) is 12.1 Å². The van der Waals surface area contributed by atoms with Crippen LogP contribution in [0.15, 0.2) is 60.7 Å². The highest BCUT2D eigenvalue weighted by atomic mass is 33.1. The monoisotopic (exact) mass is 388 g/mol. The molecule has 0 heterocycles. The number of hydrogen-bond donors (Lipinski definition) is 0. The number of rotatable bonds is 9. The minimum atomic E-state index is 0.428. The third kappa shape index (κ3) is 5.78. The van der Waals surface area contributed by atoms with Crippen molar-refractivity contribution in [2.45, 2.75) is 36.4 Å². The molecule has 0 aliphatic rings. The van der Waals surface area contributed by atoms with Crippen molar-refractivity contribution in [2.24, 2.45) is 0 Å². The zero-order valence-electron chi connectivity index (χ0n) is 16.8. The van der Waals surface area contributed by atoms with Gasteiger partial charge in [0.25, 0.3) is 0 Å². The Morgan fingerprint density at radius 3 is 1.15 bits per heavy atom. The summed E-state index contributed by atoms with van der Waals surface area (Å²) in [5, 5.41) is 0.855. The molecule has 0 aliphatic heterocycles. The van der Waals surface area contributed by atoms with Crippen molar-refractivity contribution >= 4 is 21.6 Å². The molecular formula is C22H32N2S2. The van der Waals surface area contributed by atoms with Crippen LogP contribution in [0.1, 0.15) is 35.5 Å². The largest absolute Gasteiger partial charge is 0.305 e. The van der Waals surface area contributed by atoms with Crippen LogP contribution < -0.4 is 0 Å². The van der Waals surface area contributed by atoms with Crippen molar-refractivity contribution in [1.82, 2.24) is 9.80 Å². The van der Waals surface area contributed by atoms with Crippen LogP contribution in [0.25, 0.3) is 0 Å². The van der Waals surface area contributed by atoms with Gasteiger partial charge in [-0.05, 0) is 53.2 Å². The van der Waals surface area contributed by atoms with Gasteiger partial charge in [-0.15, -0.1) is 0 Å². The van der Waals surface area contributed by atoms with Gasteiger partial charge in [0.2, 0.25) is 0 Å². The van der Waals surface area contributed by atoms with Crippen LogP contribution in [0, 0.1) is 0 Å². The van der Waals surface area contributed by atoms with E-state index in [1.165, 1.54) is 11.1 Å². The molecule has 2 rings (SSSR count). The summed E-state index contributed by atoms with van der Waals surface area (Å²) in [6.07, 6.45) is 0. The Bertz CT molecular complexity index is 574. The highest BCUT2D eigenvalue weighted by molar-refractivity contribution is 8.76. The lowest BCUT2D eigenvalue weighted by atomic mass is 10.1. The molecule has 0 fully saturated rings. The number of nitrogens with zero attached hydrogens (tertiary/aromatic N) is 2. The van der Waals surface area contributed by atoms with E-state index in [1.807, 2.05) is 21.6 Å². The molecule has 4 heteroatoms. The second-order valence-electron chi connectivity index (χ2n) is 7.26. The zero-order valence-corrected chi connectivity index (χ0v) is 18.4. The molecule has 0 spiro atoms. The van der Waals surface area contributed by atoms with Gasteiger partial charge in [-0.1, -0.05) is 82.3 Å². The topological polar surface area (TPSA) is 6.48 Å². The highest BCUT2D eigenvalue weighted by Crippen LogP contribution is 2.49. The van der Waals surface area contributed by atoms with E-state index < -0.39 is 0 Å². The van der Waals surface area contributed by atoms with E-state index in [9.17, 15) is 0 Å². The Balaban J connectivity index is 2.22. The molecule has 0 aromatic heterocycles. The summed E-state index contributed by atoms with van der Waals surface area (Å²) >= 11 is 0. The smallest absolute Gasteiger partial charge is 0.0553 e. The average Bonchev–Trinajstić information content (AvgIpc) is 2.65. The van der Waals surface area contributed by atoms with E-state index in [0.29, 0.717) is 22.6 Å². The van der Waals surface area contributed by atoms with E-state index in [0.717, 1.165) is 0 Å². The molecule has 4 unspecified atom stereocenters. The first-order valence-electron chi connectivity index (χ1n) is 9.16. The second-order valence-corrected chi connectivity index (χ2v) is 9.82. The lowest BCUT2D eigenvalue weighted by Gasteiger charge is -2.33. The van der Waals surface area contributed by atoms with Gasteiger partial charge in [0.1, 0.15) is 0 Å². The first-order valence-corrected chi connectivity index (χ1v) is 11.4. The first-order chi connectivity index (χ1) is 12.4. The van der Waals surface area contributed by atoms with Gasteiger partial charge < -0.3 is 9.80 Å². The standard InChI is InChI=1S/C22H32N2S2/c1-17(23(3)4)21(19-13-9-7-10-14-19)25-26-22(18(2)24(5)6)20-15-11-8-12-16-20/h7-18,21-22H,1-6H3. The Hall–Kier alpha value is -0.940. The van der Waals surface area contributed by atoms with Crippen molar-refractivity contribution in [2.75, 3.05) is 28.2 Å². The van der Waals surface area contributed by atoms with Crippen LogP contribution in [0.3, 0.4) is 0 Å². The number of hydrogen-bond acceptors (Lipinski definition) is 4. The van der Waals surface area contributed by atoms with Crippen molar-refractivity contribution in [3.63, 3.8) is 0 Å². The van der Waals surface area contributed by atoms with Crippen molar-refractivity contribution in [3.05, 3.63) is 71.8 Å². The van der Waals surface area contributed by atoms with Crippen LogP contribution in [-0.2, 0) is 0 Å². The third-order valence-electron chi connectivity index (χ3n) is 5.02. The fourth-order valence-electron chi connectivity index (χ4n) is 2.78. The molecule has 2 nitrogen and oxygen atoms in total. The van der Waals surface area contributed by atoms with Gasteiger partial charge >= 0.3 is 0 Å². The van der Waals surface area contributed by atoms with E-state index in [1.54, 1.807) is 0 Å². The van der Waals surface area contributed by atoms with Crippen molar-refractivity contribution in [1.29, 1.82) is 0 Å². The Morgan fingerprint density at radius 2 is 0.885 bits per heavy atom. The molecule has 2 aromatic rings. The molecule has 0 aliphatic carbocycles. The molecule has 0 saturated carbocycles. The normalized spacial score (nSPS) is 16.5. The van der Waals surface area contributed by atoms with Crippen molar-refractivity contribution in [3.8, 4) is 0 Å². The summed E-state index contributed by atoms with van der Waals surface area (Å²) in [6, 6.07) is 22.7. The lowest BCUT2D eigenvalue weighted by molar-refractivity contribution is 0.307. The van der Waals surface area contributed by atoms with Crippen LogP contribution in [-0.4, -0.2) is 50.1 Å². The minimum Gasteiger partial charge on any atom is -0.305 e. The summed E-state index contributed by atoms with van der Waals surface area (Å²) < 4.78 is 0. The molecule has 0 N–H and O–H groups in total. The van der Waals surface area contributed by atoms with Crippen LogP contribution in [0.2, 0.25) is 0 Å². The summed E-state index contributed by atoms with van der Waals surface area (Å²) in [5.41, 5.74) is 2.80. The molecule has 2 aromatic carbocycles. The molecule has 0 saturated heterocycles. The fourth-order valence-corrected chi connectivity index (χ4v) is 6.71. The summed E-state index contributed by atoms with van der Waals surface area (Å²) in [6.45, 7) is 4.64. The summed E-state index contributed by atoms with van der Waals surface area (Å²) in [4.78, 5) is 4.64. The van der Waals surface area contributed by atoms with E-state index in [2.05, 4.69) is 113 Å². The Labute approximate surface area is 167 Å². The van der Waals surface area contributed by atoms with Gasteiger partial charge in [0.05, 0.1) is 10.5 Å². The maximum absolute atomic E-state index is 2.32. The minimum absolute atomic E-state index is 0.428. The summed E-state index contributed by atoms with van der Waals surface area (Å²) in [7, 11) is 12.7. The predicted molar refractivity (Wildman–Crippen MR) is 120 cm³/mol. The molecule has 0 amide bonds. The van der Waals surface area contributed by atoms with Gasteiger partial charge in [-0.25, -0.2) is 0 Å². The maximum atomic E-state index is 2.32. The van der Waals surface area contributed by atoms with E-state index in [-0.39, 0.29) is 0 Å².